The third-order valence-corrected chi connectivity index (χ3v) is 7.39. The molecule has 0 saturated heterocycles. The Labute approximate surface area is 205 Å². The van der Waals surface area contributed by atoms with E-state index < -0.39 is 22.5 Å². The Morgan fingerprint density at radius 2 is 1.60 bits per heavy atom. The standard InChI is InChI=1S/C27H26N2O5S/c1-19-11-14-22(15-12-19)35(31,32)29(25-17-21(33-2)13-16-26(25)34-3)18-27(30)28-24-10-6-8-20-7-4-5-9-23(20)24/h4-17H,18H2,1-3H3,(H,28,30). The molecule has 7 nitrogen and oxygen atoms in total. The summed E-state index contributed by atoms with van der Waals surface area (Å²) >= 11 is 0. The molecule has 0 radical (unpaired) electrons. The average Bonchev–Trinajstić information content (AvgIpc) is 2.87. The number of fused-ring (bicyclic) bond motifs is 1. The highest BCUT2D eigenvalue weighted by Crippen LogP contribution is 2.36. The van der Waals surface area contributed by atoms with E-state index in [-0.39, 0.29) is 10.6 Å². The van der Waals surface area contributed by atoms with Crippen LogP contribution >= 0.6 is 0 Å². The van der Waals surface area contributed by atoms with Gasteiger partial charge in [0.1, 0.15) is 18.0 Å². The Morgan fingerprint density at radius 3 is 2.31 bits per heavy atom. The molecule has 4 rings (SSSR count). The van der Waals surface area contributed by atoms with E-state index in [0.29, 0.717) is 17.2 Å². The van der Waals surface area contributed by atoms with Crippen LogP contribution in [0.1, 0.15) is 5.56 Å². The zero-order chi connectivity index (χ0) is 25.0. The van der Waals surface area contributed by atoms with Crippen LogP contribution in [0, 0.1) is 6.92 Å². The molecular weight excluding hydrogens is 464 g/mol. The smallest absolute Gasteiger partial charge is 0.264 e. The molecule has 0 aliphatic heterocycles. The fourth-order valence-corrected chi connectivity index (χ4v) is 5.21. The molecule has 0 unspecified atom stereocenters. The molecule has 180 valence electrons. The van der Waals surface area contributed by atoms with Crippen LogP contribution in [0.5, 0.6) is 11.5 Å². The summed E-state index contributed by atoms with van der Waals surface area (Å²) in [6, 6.07) is 24.5. The lowest BCUT2D eigenvalue weighted by Crippen LogP contribution is -2.38. The summed E-state index contributed by atoms with van der Waals surface area (Å²) in [6.45, 7) is 1.40. The first-order valence-electron chi connectivity index (χ1n) is 10.9. The number of carbonyl (C=O) groups excluding carboxylic acids is 1. The van der Waals surface area contributed by atoms with E-state index in [1.165, 1.54) is 32.4 Å². The van der Waals surface area contributed by atoms with Crippen LogP contribution in [-0.2, 0) is 14.8 Å². The number of ether oxygens (including phenoxy) is 2. The Balaban J connectivity index is 1.76. The zero-order valence-corrected chi connectivity index (χ0v) is 20.5. The van der Waals surface area contributed by atoms with Gasteiger partial charge < -0.3 is 14.8 Å². The molecule has 0 saturated carbocycles. The fourth-order valence-electron chi connectivity index (χ4n) is 3.78. The number of methoxy groups -OCH3 is 2. The predicted molar refractivity (Wildman–Crippen MR) is 138 cm³/mol. The van der Waals surface area contributed by atoms with Crippen molar-refractivity contribution in [3.8, 4) is 11.5 Å². The lowest BCUT2D eigenvalue weighted by Gasteiger charge is -2.26. The molecule has 0 aliphatic carbocycles. The van der Waals surface area contributed by atoms with E-state index in [1.54, 1.807) is 30.3 Å². The Hall–Kier alpha value is -4.04. The minimum Gasteiger partial charge on any atom is -0.497 e. The second kappa shape index (κ2) is 10.1. The van der Waals surface area contributed by atoms with Gasteiger partial charge in [-0.25, -0.2) is 8.42 Å². The monoisotopic (exact) mass is 490 g/mol. The zero-order valence-electron chi connectivity index (χ0n) is 19.7. The highest BCUT2D eigenvalue weighted by molar-refractivity contribution is 7.92. The van der Waals surface area contributed by atoms with E-state index in [2.05, 4.69) is 5.32 Å². The van der Waals surface area contributed by atoms with Gasteiger partial charge in [-0.2, -0.15) is 0 Å². The number of hydrogen-bond acceptors (Lipinski definition) is 5. The SMILES string of the molecule is COc1ccc(OC)c(N(CC(=O)Nc2cccc3ccccc23)S(=O)(=O)c2ccc(C)cc2)c1. The third-order valence-electron chi connectivity index (χ3n) is 5.61. The van der Waals surface area contributed by atoms with Gasteiger partial charge in [-0.3, -0.25) is 9.10 Å². The summed E-state index contributed by atoms with van der Waals surface area (Å²) < 4.78 is 39.3. The highest BCUT2D eigenvalue weighted by Gasteiger charge is 2.30. The van der Waals surface area contributed by atoms with Crippen molar-refractivity contribution in [3.05, 3.63) is 90.5 Å². The van der Waals surface area contributed by atoms with E-state index >= 15 is 0 Å². The summed E-state index contributed by atoms with van der Waals surface area (Å²) in [7, 11) is -1.19. The van der Waals surface area contributed by atoms with Gasteiger partial charge in [-0.05, 0) is 42.6 Å². The topological polar surface area (TPSA) is 84.9 Å². The highest BCUT2D eigenvalue weighted by atomic mass is 32.2. The van der Waals surface area contributed by atoms with Crippen molar-refractivity contribution in [3.63, 3.8) is 0 Å². The summed E-state index contributed by atoms with van der Waals surface area (Å²) in [5, 5.41) is 4.69. The van der Waals surface area contributed by atoms with Crippen LogP contribution in [0.15, 0.2) is 89.8 Å². The van der Waals surface area contributed by atoms with Gasteiger partial charge >= 0.3 is 0 Å². The second-order valence-electron chi connectivity index (χ2n) is 7.94. The first-order chi connectivity index (χ1) is 16.8. The Morgan fingerprint density at radius 1 is 0.886 bits per heavy atom. The lowest BCUT2D eigenvalue weighted by molar-refractivity contribution is -0.114. The number of aryl methyl sites for hydroxylation is 1. The molecule has 1 amide bonds. The van der Waals surface area contributed by atoms with Crippen LogP contribution < -0.4 is 19.1 Å². The van der Waals surface area contributed by atoms with Crippen molar-refractivity contribution in [1.29, 1.82) is 0 Å². The van der Waals surface area contributed by atoms with E-state index in [0.717, 1.165) is 20.6 Å². The van der Waals surface area contributed by atoms with Crippen molar-refractivity contribution >= 4 is 38.1 Å². The molecule has 1 N–H and O–H groups in total. The third kappa shape index (κ3) is 5.07. The van der Waals surface area contributed by atoms with Gasteiger partial charge in [-0.1, -0.05) is 54.1 Å². The molecule has 0 spiro atoms. The number of nitrogens with zero attached hydrogens (tertiary/aromatic N) is 1. The number of anilines is 2. The van der Waals surface area contributed by atoms with Gasteiger partial charge in [0, 0.05) is 17.1 Å². The minimum absolute atomic E-state index is 0.0610. The maximum absolute atomic E-state index is 13.8. The molecular formula is C27H26N2O5S. The average molecular weight is 491 g/mol. The van der Waals surface area contributed by atoms with Crippen LogP contribution in [0.2, 0.25) is 0 Å². The second-order valence-corrected chi connectivity index (χ2v) is 9.80. The van der Waals surface area contributed by atoms with Gasteiger partial charge in [0.05, 0.1) is 24.8 Å². The summed E-state index contributed by atoms with van der Waals surface area (Å²) in [4.78, 5) is 13.3. The molecule has 0 fully saturated rings. The molecule has 0 heterocycles. The molecule has 8 heteroatoms. The molecule has 35 heavy (non-hydrogen) atoms. The normalized spacial score (nSPS) is 11.2. The van der Waals surface area contributed by atoms with Gasteiger partial charge in [0.2, 0.25) is 5.91 Å². The van der Waals surface area contributed by atoms with E-state index in [4.69, 9.17) is 9.47 Å². The largest absolute Gasteiger partial charge is 0.497 e. The van der Waals surface area contributed by atoms with E-state index in [9.17, 15) is 13.2 Å². The van der Waals surface area contributed by atoms with Crippen molar-refractivity contribution in [2.45, 2.75) is 11.8 Å². The summed E-state index contributed by atoms with van der Waals surface area (Å²) in [5.74, 6) is 0.223. The lowest BCUT2D eigenvalue weighted by atomic mass is 10.1. The first kappa shape index (κ1) is 24.1. The molecule has 4 aromatic carbocycles. The molecule has 0 atom stereocenters. The first-order valence-corrected chi connectivity index (χ1v) is 12.4. The van der Waals surface area contributed by atoms with Crippen LogP contribution in [0.4, 0.5) is 11.4 Å². The maximum Gasteiger partial charge on any atom is 0.264 e. The maximum atomic E-state index is 13.8. The summed E-state index contributed by atoms with van der Waals surface area (Å²) in [5.41, 5.74) is 1.71. The van der Waals surface area contributed by atoms with Gasteiger partial charge in [-0.15, -0.1) is 0 Å². The van der Waals surface area contributed by atoms with Crippen LogP contribution in [0.3, 0.4) is 0 Å². The Kier molecular flexibility index (Phi) is 6.93. The van der Waals surface area contributed by atoms with Crippen molar-refractivity contribution in [2.24, 2.45) is 0 Å². The number of benzene rings is 4. The molecule has 4 aromatic rings. The molecule has 0 aromatic heterocycles. The number of rotatable bonds is 8. The minimum atomic E-state index is -4.12. The predicted octanol–water partition coefficient (Wildman–Crippen LogP) is 5.00. The van der Waals surface area contributed by atoms with Gasteiger partial charge in [0.15, 0.2) is 0 Å². The number of amides is 1. The quantitative estimate of drug-likeness (QED) is 0.376. The van der Waals surface area contributed by atoms with Crippen LogP contribution in [-0.4, -0.2) is 35.1 Å². The van der Waals surface area contributed by atoms with E-state index in [1.807, 2.05) is 43.3 Å². The summed E-state index contributed by atoms with van der Waals surface area (Å²) in [6.07, 6.45) is 0. The van der Waals surface area contributed by atoms with Crippen molar-refractivity contribution < 1.29 is 22.7 Å². The van der Waals surface area contributed by atoms with Crippen LogP contribution in [0.25, 0.3) is 10.8 Å². The van der Waals surface area contributed by atoms with Gasteiger partial charge in [0.25, 0.3) is 10.0 Å². The fraction of sp³-hybridized carbons (Fsp3) is 0.148. The number of sulfonamides is 1. The Bertz CT molecular complexity index is 1460. The van der Waals surface area contributed by atoms with Crippen molar-refractivity contribution in [2.75, 3.05) is 30.4 Å². The molecule has 0 aliphatic rings. The number of hydrogen-bond donors (Lipinski definition) is 1. The number of carbonyl (C=O) groups is 1. The number of nitrogens with one attached hydrogen (secondary N) is 1. The van der Waals surface area contributed by atoms with Crippen molar-refractivity contribution in [1.82, 2.24) is 0 Å². The molecule has 0 bridgehead atoms.